The number of halogens is 1. The Morgan fingerprint density at radius 1 is 0.962 bits per heavy atom. The summed E-state index contributed by atoms with van der Waals surface area (Å²) in [5, 5.41) is 7.49. The van der Waals surface area contributed by atoms with Crippen LogP contribution in [0.2, 0.25) is 5.02 Å². The average molecular weight is 374 g/mol. The van der Waals surface area contributed by atoms with Crippen LogP contribution in [0, 0.1) is 0 Å². The third-order valence-electron chi connectivity index (χ3n) is 4.45. The Labute approximate surface area is 159 Å². The molecule has 0 N–H and O–H groups in total. The second kappa shape index (κ2) is 8.92. The van der Waals surface area contributed by atoms with Gasteiger partial charge in [-0.2, -0.15) is 5.10 Å². The molecule has 2 aromatic carbocycles. The monoisotopic (exact) mass is 373 g/mol. The highest BCUT2D eigenvalue weighted by molar-refractivity contribution is 6.30. The summed E-state index contributed by atoms with van der Waals surface area (Å²) in [6, 6.07) is 13.9. The Morgan fingerprint density at radius 3 is 2.31 bits per heavy atom. The molecule has 6 heteroatoms. The Hall–Kier alpha value is -2.24. The molecule has 0 bridgehead atoms. The summed E-state index contributed by atoms with van der Waals surface area (Å²) < 4.78 is 10.6. The van der Waals surface area contributed by atoms with Gasteiger partial charge in [0.05, 0.1) is 20.4 Å². The molecule has 26 heavy (non-hydrogen) atoms. The molecule has 0 atom stereocenters. The van der Waals surface area contributed by atoms with Crippen molar-refractivity contribution in [1.82, 2.24) is 9.91 Å². The summed E-state index contributed by atoms with van der Waals surface area (Å²) in [4.78, 5) is 2.44. The summed E-state index contributed by atoms with van der Waals surface area (Å²) in [5.41, 5.74) is 2.28. The maximum atomic E-state index is 5.94. The Balaban J connectivity index is 1.52. The van der Waals surface area contributed by atoms with E-state index >= 15 is 0 Å². The van der Waals surface area contributed by atoms with E-state index < -0.39 is 0 Å². The number of benzene rings is 2. The molecule has 138 valence electrons. The smallest absolute Gasteiger partial charge is 0.161 e. The third-order valence-corrected chi connectivity index (χ3v) is 4.70. The molecule has 1 heterocycles. The highest BCUT2D eigenvalue weighted by atomic mass is 35.5. The quantitative estimate of drug-likeness (QED) is 0.726. The van der Waals surface area contributed by atoms with Gasteiger partial charge in [-0.25, -0.2) is 0 Å². The molecule has 5 nitrogen and oxygen atoms in total. The summed E-state index contributed by atoms with van der Waals surface area (Å²) >= 11 is 5.94. The van der Waals surface area contributed by atoms with Crippen LogP contribution in [0.1, 0.15) is 11.1 Å². The number of ether oxygens (including phenoxy) is 2. The van der Waals surface area contributed by atoms with Crippen LogP contribution in [-0.2, 0) is 6.54 Å². The van der Waals surface area contributed by atoms with Crippen LogP contribution in [0.15, 0.2) is 47.6 Å². The lowest BCUT2D eigenvalue weighted by molar-refractivity contribution is 0.131. The van der Waals surface area contributed by atoms with Gasteiger partial charge in [0, 0.05) is 37.7 Å². The highest BCUT2D eigenvalue weighted by Crippen LogP contribution is 2.26. The van der Waals surface area contributed by atoms with Crippen molar-refractivity contribution in [1.29, 1.82) is 0 Å². The number of nitrogens with zero attached hydrogens (tertiary/aromatic N) is 3. The van der Waals surface area contributed by atoms with E-state index in [0.29, 0.717) is 5.75 Å². The molecule has 0 saturated carbocycles. The van der Waals surface area contributed by atoms with Gasteiger partial charge >= 0.3 is 0 Å². The Morgan fingerprint density at radius 2 is 1.65 bits per heavy atom. The van der Waals surface area contributed by atoms with E-state index in [0.717, 1.165) is 49.1 Å². The van der Waals surface area contributed by atoms with Gasteiger partial charge in [-0.15, -0.1) is 0 Å². The van der Waals surface area contributed by atoms with Crippen molar-refractivity contribution in [3.05, 3.63) is 58.6 Å². The van der Waals surface area contributed by atoms with Crippen LogP contribution >= 0.6 is 11.6 Å². The molecule has 1 aliphatic rings. The first-order chi connectivity index (χ1) is 12.7. The molecule has 1 fully saturated rings. The molecular weight excluding hydrogens is 350 g/mol. The Kier molecular flexibility index (Phi) is 6.36. The molecule has 3 rings (SSSR count). The van der Waals surface area contributed by atoms with Gasteiger partial charge in [0.25, 0.3) is 0 Å². The summed E-state index contributed by atoms with van der Waals surface area (Å²) in [5.74, 6) is 1.43. The van der Waals surface area contributed by atoms with Crippen molar-refractivity contribution in [3.63, 3.8) is 0 Å². The average Bonchev–Trinajstić information content (AvgIpc) is 2.69. The van der Waals surface area contributed by atoms with Crippen LogP contribution in [0.4, 0.5) is 0 Å². The highest BCUT2D eigenvalue weighted by Gasteiger charge is 2.15. The third kappa shape index (κ3) is 4.90. The first kappa shape index (κ1) is 18.5. The molecule has 2 aromatic rings. The predicted octanol–water partition coefficient (Wildman–Crippen LogP) is 3.51. The van der Waals surface area contributed by atoms with Crippen molar-refractivity contribution in [2.45, 2.75) is 6.54 Å². The molecule has 0 amide bonds. The zero-order valence-electron chi connectivity index (χ0n) is 15.2. The number of piperazine rings is 1. The Bertz CT molecular complexity index is 741. The molecule has 0 unspecified atom stereocenters. The topological polar surface area (TPSA) is 37.3 Å². The number of hydrogen-bond acceptors (Lipinski definition) is 5. The van der Waals surface area contributed by atoms with Crippen molar-refractivity contribution in [2.75, 3.05) is 40.4 Å². The zero-order chi connectivity index (χ0) is 18.4. The van der Waals surface area contributed by atoms with E-state index in [1.54, 1.807) is 14.2 Å². The van der Waals surface area contributed by atoms with Gasteiger partial charge in [-0.05, 0) is 41.5 Å². The second-order valence-corrected chi connectivity index (χ2v) is 6.65. The molecule has 0 radical (unpaired) electrons. The van der Waals surface area contributed by atoms with Crippen LogP contribution in [-0.4, -0.2) is 56.5 Å². The van der Waals surface area contributed by atoms with Crippen molar-refractivity contribution in [3.8, 4) is 11.5 Å². The van der Waals surface area contributed by atoms with Crippen LogP contribution < -0.4 is 9.47 Å². The van der Waals surface area contributed by atoms with E-state index in [1.165, 1.54) is 5.56 Å². The maximum Gasteiger partial charge on any atom is 0.161 e. The number of methoxy groups -OCH3 is 2. The molecule has 1 aliphatic heterocycles. The molecule has 0 spiro atoms. The molecular formula is C20H24ClN3O2. The standard InChI is InChI=1S/C20H24ClN3O2/c1-25-19-8-5-17(13-20(19)26-2)14-22-24-11-9-23(10-12-24)15-16-3-6-18(21)7-4-16/h3-8,13-14H,9-12,15H2,1-2H3/b22-14+. The van der Waals surface area contributed by atoms with Crippen molar-refractivity contribution < 1.29 is 9.47 Å². The van der Waals surface area contributed by atoms with E-state index in [2.05, 4.69) is 27.1 Å². The minimum atomic E-state index is 0.712. The minimum absolute atomic E-state index is 0.712. The first-order valence-electron chi connectivity index (χ1n) is 8.65. The van der Waals surface area contributed by atoms with Crippen LogP contribution in [0.3, 0.4) is 0 Å². The number of hydrogen-bond donors (Lipinski definition) is 0. The lowest BCUT2D eigenvalue weighted by Crippen LogP contribution is -2.43. The summed E-state index contributed by atoms with van der Waals surface area (Å²) in [7, 11) is 3.27. The van der Waals surface area contributed by atoms with Crippen molar-refractivity contribution >= 4 is 17.8 Å². The fourth-order valence-corrected chi connectivity index (χ4v) is 3.07. The van der Waals surface area contributed by atoms with E-state index in [-0.39, 0.29) is 0 Å². The fourth-order valence-electron chi connectivity index (χ4n) is 2.94. The maximum absolute atomic E-state index is 5.94. The lowest BCUT2D eigenvalue weighted by Gasteiger charge is -2.33. The van der Waals surface area contributed by atoms with Crippen LogP contribution in [0.5, 0.6) is 11.5 Å². The van der Waals surface area contributed by atoms with Gasteiger partial charge in [-0.1, -0.05) is 23.7 Å². The number of rotatable bonds is 6. The first-order valence-corrected chi connectivity index (χ1v) is 9.03. The summed E-state index contributed by atoms with van der Waals surface area (Å²) in [6.07, 6.45) is 1.87. The van der Waals surface area contributed by atoms with Crippen molar-refractivity contribution in [2.24, 2.45) is 5.10 Å². The number of hydrazone groups is 1. The van der Waals surface area contributed by atoms with Crippen LogP contribution in [0.25, 0.3) is 0 Å². The predicted molar refractivity (Wildman–Crippen MR) is 105 cm³/mol. The van der Waals surface area contributed by atoms with Gasteiger partial charge in [0.15, 0.2) is 11.5 Å². The normalized spacial score (nSPS) is 15.4. The molecule has 0 aromatic heterocycles. The van der Waals surface area contributed by atoms with E-state index in [4.69, 9.17) is 21.1 Å². The molecule has 0 aliphatic carbocycles. The van der Waals surface area contributed by atoms with Gasteiger partial charge in [0.2, 0.25) is 0 Å². The van der Waals surface area contributed by atoms with Gasteiger partial charge in [-0.3, -0.25) is 9.91 Å². The minimum Gasteiger partial charge on any atom is -0.493 e. The lowest BCUT2D eigenvalue weighted by atomic mass is 10.2. The largest absolute Gasteiger partial charge is 0.493 e. The van der Waals surface area contributed by atoms with E-state index in [1.807, 2.05) is 36.5 Å². The van der Waals surface area contributed by atoms with Gasteiger partial charge in [0.1, 0.15) is 0 Å². The van der Waals surface area contributed by atoms with E-state index in [9.17, 15) is 0 Å². The summed E-state index contributed by atoms with van der Waals surface area (Å²) in [6.45, 7) is 4.76. The van der Waals surface area contributed by atoms with Gasteiger partial charge < -0.3 is 9.47 Å². The molecule has 1 saturated heterocycles. The SMILES string of the molecule is COc1ccc(/C=N/N2CCN(Cc3ccc(Cl)cc3)CC2)cc1OC. The fraction of sp³-hybridized carbons (Fsp3) is 0.350. The second-order valence-electron chi connectivity index (χ2n) is 6.22. The zero-order valence-corrected chi connectivity index (χ0v) is 15.9.